The molecule has 0 aliphatic carbocycles. The molecular weight excluding hydrogens is 340 g/mol. The fraction of sp³-hybridized carbons (Fsp3) is 0.421. The Balaban J connectivity index is 2.27. The van der Waals surface area contributed by atoms with Crippen LogP contribution in [0.25, 0.3) is 10.8 Å². The molecule has 1 heterocycles. The van der Waals surface area contributed by atoms with Gasteiger partial charge in [-0.15, -0.1) is 0 Å². The number of fused-ring (bicyclic) bond motifs is 1. The zero-order valence-electron chi connectivity index (χ0n) is 15.5. The zero-order valence-corrected chi connectivity index (χ0v) is 15.5. The van der Waals surface area contributed by atoms with Gasteiger partial charge in [-0.3, -0.25) is 9.59 Å². The van der Waals surface area contributed by atoms with Crippen molar-refractivity contribution in [2.24, 2.45) is 5.41 Å². The van der Waals surface area contributed by atoms with E-state index in [1.807, 2.05) is 20.8 Å². The Bertz CT molecular complexity index is 887. The first-order valence-corrected chi connectivity index (χ1v) is 8.05. The van der Waals surface area contributed by atoms with E-state index in [1.165, 1.54) is 20.3 Å². The molecule has 1 aromatic heterocycles. The van der Waals surface area contributed by atoms with Crippen LogP contribution in [0, 0.1) is 5.41 Å². The lowest BCUT2D eigenvalue weighted by Gasteiger charge is -2.15. The number of rotatable bonds is 5. The van der Waals surface area contributed by atoms with E-state index in [2.05, 4.69) is 0 Å². The SMILES string of the molecule is COc1cc(OC)c2c(=O)oc(CC(=O)OC(=O)CC(C)(C)C)cc2c1. The van der Waals surface area contributed by atoms with Crippen molar-refractivity contribution in [2.45, 2.75) is 33.6 Å². The Morgan fingerprint density at radius 1 is 1.04 bits per heavy atom. The number of hydrogen-bond acceptors (Lipinski definition) is 7. The molecular formula is C19H22O7. The molecule has 0 aliphatic heterocycles. The molecule has 0 radical (unpaired) electrons. The van der Waals surface area contributed by atoms with Crippen molar-refractivity contribution in [3.8, 4) is 11.5 Å². The van der Waals surface area contributed by atoms with Crippen LogP contribution in [0.5, 0.6) is 11.5 Å². The highest BCUT2D eigenvalue weighted by Gasteiger charge is 2.21. The van der Waals surface area contributed by atoms with Gasteiger partial charge in [0.05, 0.1) is 20.6 Å². The van der Waals surface area contributed by atoms with Crippen LogP contribution in [-0.2, 0) is 20.7 Å². The van der Waals surface area contributed by atoms with Crippen molar-refractivity contribution in [3.63, 3.8) is 0 Å². The summed E-state index contributed by atoms with van der Waals surface area (Å²) >= 11 is 0. The second kappa shape index (κ2) is 7.59. The first-order chi connectivity index (χ1) is 12.1. The molecule has 0 aliphatic rings. The maximum atomic E-state index is 12.3. The fourth-order valence-electron chi connectivity index (χ4n) is 2.46. The van der Waals surface area contributed by atoms with Crippen molar-refractivity contribution in [2.75, 3.05) is 14.2 Å². The van der Waals surface area contributed by atoms with E-state index in [0.717, 1.165) is 0 Å². The Morgan fingerprint density at radius 3 is 2.31 bits per heavy atom. The number of benzene rings is 1. The van der Waals surface area contributed by atoms with Crippen molar-refractivity contribution in [3.05, 3.63) is 34.4 Å². The molecule has 0 unspecified atom stereocenters. The molecule has 26 heavy (non-hydrogen) atoms. The summed E-state index contributed by atoms with van der Waals surface area (Å²) < 4.78 is 20.3. The highest BCUT2D eigenvalue weighted by atomic mass is 16.6. The van der Waals surface area contributed by atoms with Crippen LogP contribution < -0.4 is 15.1 Å². The molecule has 0 bridgehead atoms. The van der Waals surface area contributed by atoms with Crippen molar-refractivity contribution in [1.29, 1.82) is 0 Å². The molecule has 0 atom stereocenters. The second-order valence-corrected chi connectivity index (χ2v) is 7.05. The minimum atomic E-state index is -0.781. The maximum absolute atomic E-state index is 12.3. The Kier molecular flexibility index (Phi) is 5.69. The molecule has 140 valence electrons. The average Bonchev–Trinajstić information content (AvgIpc) is 2.51. The summed E-state index contributed by atoms with van der Waals surface area (Å²) in [4.78, 5) is 35.9. The summed E-state index contributed by atoms with van der Waals surface area (Å²) in [6.07, 6.45) is -0.227. The van der Waals surface area contributed by atoms with E-state index in [1.54, 1.807) is 12.1 Å². The molecule has 2 aromatic rings. The number of ether oxygens (including phenoxy) is 3. The molecule has 7 nitrogen and oxygen atoms in total. The lowest BCUT2D eigenvalue weighted by atomic mass is 9.92. The van der Waals surface area contributed by atoms with Crippen molar-refractivity contribution < 1.29 is 28.2 Å². The van der Waals surface area contributed by atoms with Crippen molar-refractivity contribution >= 4 is 22.7 Å². The lowest BCUT2D eigenvalue weighted by molar-refractivity contribution is -0.160. The zero-order chi connectivity index (χ0) is 19.5. The van der Waals surface area contributed by atoms with Crippen LogP contribution in [0.2, 0.25) is 0 Å². The average molecular weight is 362 g/mol. The standard InChI is InChI=1S/C19H22O7/c1-19(2,3)10-16(21)26-15(20)9-13-7-11-6-12(23-4)8-14(24-5)17(11)18(22)25-13/h6-8H,9-10H2,1-5H3. The molecule has 1 aromatic carbocycles. The van der Waals surface area contributed by atoms with Gasteiger partial charge in [0.15, 0.2) is 0 Å². The fourth-order valence-corrected chi connectivity index (χ4v) is 2.46. The predicted molar refractivity (Wildman–Crippen MR) is 94.5 cm³/mol. The minimum absolute atomic E-state index is 0.0892. The summed E-state index contributed by atoms with van der Waals surface area (Å²) in [6, 6.07) is 4.73. The molecule has 2 rings (SSSR count). The monoisotopic (exact) mass is 362 g/mol. The van der Waals surface area contributed by atoms with Gasteiger partial charge < -0.3 is 18.6 Å². The van der Waals surface area contributed by atoms with Gasteiger partial charge in [-0.1, -0.05) is 20.8 Å². The predicted octanol–water partition coefficient (Wildman–Crippen LogP) is 2.86. The highest BCUT2D eigenvalue weighted by Crippen LogP contribution is 2.29. The summed E-state index contributed by atoms with van der Waals surface area (Å²) in [6.45, 7) is 5.59. The van der Waals surface area contributed by atoms with Crippen LogP contribution in [0.3, 0.4) is 0 Å². The molecule has 0 saturated heterocycles. The van der Waals surface area contributed by atoms with Gasteiger partial charge >= 0.3 is 17.6 Å². The largest absolute Gasteiger partial charge is 0.497 e. The van der Waals surface area contributed by atoms with E-state index in [0.29, 0.717) is 16.9 Å². The van der Waals surface area contributed by atoms with E-state index >= 15 is 0 Å². The third kappa shape index (κ3) is 4.84. The third-order valence-electron chi connectivity index (χ3n) is 3.53. The molecule has 7 heteroatoms. The summed E-state index contributed by atoms with van der Waals surface area (Å²) in [5, 5.41) is 0.746. The Morgan fingerprint density at radius 2 is 1.73 bits per heavy atom. The molecule has 0 saturated carbocycles. The lowest BCUT2D eigenvalue weighted by Crippen LogP contribution is -2.20. The van der Waals surface area contributed by atoms with Crippen LogP contribution >= 0.6 is 0 Å². The molecule has 0 spiro atoms. The first kappa shape index (κ1) is 19.5. The minimum Gasteiger partial charge on any atom is -0.497 e. The third-order valence-corrected chi connectivity index (χ3v) is 3.53. The van der Waals surface area contributed by atoms with Gasteiger partial charge in [0.1, 0.15) is 29.1 Å². The molecule has 0 fully saturated rings. The van der Waals surface area contributed by atoms with Crippen LogP contribution in [0.4, 0.5) is 0 Å². The number of carbonyl (C=O) groups is 2. The van der Waals surface area contributed by atoms with Gasteiger partial charge in [-0.25, -0.2) is 4.79 Å². The number of carbonyl (C=O) groups excluding carboxylic acids is 2. The normalized spacial score (nSPS) is 11.3. The number of methoxy groups -OCH3 is 2. The van der Waals surface area contributed by atoms with Crippen LogP contribution in [0.15, 0.2) is 27.4 Å². The number of esters is 2. The smallest absolute Gasteiger partial charge is 0.347 e. The van der Waals surface area contributed by atoms with E-state index in [4.69, 9.17) is 18.6 Å². The maximum Gasteiger partial charge on any atom is 0.347 e. The molecule has 0 amide bonds. The Hall–Kier alpha value is -2.83. The molecule has 0 N–H and O–H groups in total. The van der Waals surface area contributed by atoms with Crippen LogP contribution in [-0.4, -0.2) is 26.2 Å². The highest BCUT2D eigenvalue weighted by molar-refractivity contribution is 5.90. The van der Waals surface area contributed by atoms with Gasteiger partial charge in [0.2, 0.25) is 0 Å². The Labute approximate surface area is 150 Å². The second-order valence-electron chi connectivity index (χ2n) is 7.05. The van der Waals surface area contributed by atoms with Gasteiger partial charge in [-0.05, 0) is 22.9 Å². The quantitative estimate of drug-likeness (QED) is 0.596. The van der Waals surface area contributed by atoms with E-state index < -0.39 is 17.6 Å². The summed E-state index contributed by atoms with van der Waals surface area (Å²) in [7, 11) is 2.92. The van der Waals surface area contributed by atoms with Crippen LogP contribution in [0.1, 0.15) is 33.0 Å². The number of hydrogen-bond donors (Lipinski definition) is 0. The summed E-state index contributed by atoms with van der Waals surface area (Å²) in [5.41, 5.74) is -0.939. The van der Waals surface area contributed by atoms with E-state index in [-0.39, 0.29) is 29.4 Å². The van der Waals surface area contributed by atoms with Gasteiger partial charge in [-0.2, -0.15) is 0 Å². The first-order valence-electron chi connectivity index (χ1n) is 8.05. The van der Waals surface area contributed by atoms with E-state index in [9.17, 15) is 14.4 Å². The van der Waals surface area contributed by atoms with Gasteiger partial charge in [0, 0.05) is 6.07 Å². The van der Waals surface area contributed by atoms with Crippen molar-refractivity contribution in [1.82, 2.24) is 0 Å². The summed E-state index contributed by atoms with van der Waals surface area (Å²) in [5.74, 6) is -0.506. The topological polar surface area (TPSA) is 92.0 Å². The van der Waals surface area contributed by atoms with Gasteiger partial charge in [0.25, 0.3) is 0 Å².